The first kappa shape index (κ1) is 13.8. The molecule has 1 aliphatic heterocycles. The molecule has 3 heterocycles. The quantitative estimate of drug-likeness (QED) is 0.740. The molecule has 3 aromatic rings. The van der Waals surface area contributed by atoms with E-state index in [9.17, 15) is 0 Å². The molecule has 0 unspecified atom stereocenters. The second-order valence-corrected chi connectivity index (χ2v) is 5.49. The Morgan fingerprint density at radius 2 is 1.52 bits per heavy atom. The van der Waals surface area contributed by atoms with E-state index in [4.69, 9.17) is 0 Å². The second kappa shape index (κ2) is 6.08. The standard InChI is InChI=1S/C17H18N6/c1-2-5-15(6-3-1)21-9-11-22(12-10-21)16-13-17(19-14-18-16)23-8-4-7-20-23/h1-8,13-14H,9-12H2. The highest BCUT2D eigenvalue weighted by Crippen LogP contribution is 2.19. The summed E-state index contributed by atoms with van der Waals surface area (Å²) in [7, 11) is 0. The van der Waals surface area contributed by atoms with Crippen LogP contribution in [0.2, 0.25) is 0 Å². The van der Waals surface area contributed by atoms with Crippen LogP contribution < -0.4 is 9.80 Å². The minimum absolute atomic E-state index is 0.797. The first-order valence-corrected chi connectivity index (χ1v) is 7.77. The summed E-state index contributed by atoms with van der Waals surface area (Å²) in [4.78, 5) is 13.4. The highest BCUT2D eigenvalue weighted by atomic mass is 15.3. The van der Waals surface area contributed by atoms with Crippen molar-refractivity contribution >= 4 is 11.5 Å². The second-order valence-electron chi connectivity index (χ2n) is 5.49. The van der Waals surface area contributed by atoms with Crippen molar-refractivity contribution in [1.82, 2.24) is 19.7 Å². The molecule has 2 aromatic heterocycles. The molecule has 23 heavy (non-hydrogen) atoms. The van der Waals surface area contributed by atoms with Crippen LogP contribution >= 0.6 is 0 Å². The van der Waals surface area contributed by atoms with Crippen molar-refractivity contribution in [3.8, 4) is 5.82 Å². The molecule has 1 aliphatic rings. The molecular weight excluding hydrogens is 288 g/mol. The fraction of sp³-hybridized carbons (Fsp3) is 0.235. The number of aromatic nitrogens is 4. The molecule has 0 aliphatic carbocycles. The fourth-order valence-corrected chi connectivity index (χ4v) is 2.87. The molecule has 0 amide bonds. The van der Waals surface area contributed by atoms with Crippen LogP contribution in [0.25, 0.3) is 5.82 Å². The third-order valence-electron chi connectivity index (χ3n) is 4.10. The Hall–Kier alpha value is -2.89. The predicted octanol–water partition coefficient (Wildman–Crippen LogP) is 1.99. The molecule has 0 saturated carbocycles. The number of hydrogen-bond acceptors (Lipinski definition) is 5. The van der Waals surface area contributed by atoms with Gasteiger partial charge in [-0.2, -0.15) is 5.10 Å². The van der Waals surface area contributed by atoms with Gasteiger partial charge in [-0.05, 0) is 18.2 Å². The molecule has 1 fully saturated rings. The number of rotatable bonds is 3. The van der Waals surface area contributed by atoms with Crippen LogP contribution in [-0.4, -0.2) is 45.9 Å². The van der Waals surface area contributed by atoms with Gasteiger partial charge < -0.3 is 9.80 Å². The van der Waals surface area contributed by atoms with Gasteiger partial charge in [0, 0.05) is 50.3 Å². The van der Waals surface area contributed by atoms with Crippen molar-refractivity contribution in [2.75, 3.05) is 36.0 Å². The van der Waals surface area contributed by atoms with Crippen molar-refractivity contribution in [2.45, 2.75) is 0 Å². The van der Waals surface area contributed by atoms with Crippen LogP contribution in [0.3, 0.4) is 0 Å². The minimum Gasteiger partial charge on any atom is -0.368 e. The summed E-state index contributed by atoms with van der Waals surface area (Å²) in [6.45, 7) is 3.88. The van der Waals surface area contributed by atoms with E-state index in [1.165, 1.54) is 5.69 Å². The summed E-state index contributed by atoms with van der Waals surface area (Å²) in [6.07, 6.45) is 5.25. The predicted molar refractivity (Wildman–Crippen MR) is 90.0 cm³/mol. The summed E-state index contributed by atoms with van der Waals surface area (Å²) in [6, 6.07) is 14.4. The molecule has 0 atom stereocenters. The maximum atomic E-state index is 4.43. The normalized spacial score (nSPS) is 15.0. The molecule has 0 N–H and O–H groups in total. The number of anilines is 2. The van der Waals surface area contributed by atoms with Crippen LogP contribution in [0, 0.1) is 0 Å². The van der Waals surface area contributed by atoms with Gasteiger partial charge in [-0.3, -0.25) is 0 Å². The molecule has 0 spiro atoms. The summed E-state index contributed by atoms with van der Waals surface area (Å²) in [5.41, 5.74) is 1.28. The number of para-hydroxylation sites is 1. The zero-order valence-electron chi connectivity index (χ0n) is 12.8. The lowest BCUT2D eigenvalue weighted by atomic mass is 10.2. The van der Waals surface area contributed by atoms with Crippen LogP contribution in [-0.2, 0) is 0 Å². The van der Waals surface area contributed by atoms with Crippen molar-refractivity contribution in [3.05, 3.63) is 61.2 Å². The number of nitrogens with zero attached hydrogens (tertiary/aromatic N) is 6. The molecule has 0 radical (unpaired) electrons. The van der Waals surface area contributed by atoms with Crippen molar-refractivity contribution in [2.24, 2.45) is 0 Å². The molecular formula is C17H18N6. The van der Waals surface area contributed by atoms with Crippen LogP contribution in [0.1, 0.15) is 0 Å². The smallest absolute Gasteiger partial charge is 0.158 e. The van der Waals surface area contributed by atoms with E-state index < -0.39 is 0 Å². The highest BCUT2D eigenvalue weighted by Gasteiger charge is 2.18. The van der Waals surface area contributed by atoms with E-state index in [1.807, 2.05) is 18.3 Å². The highest BCUT2D eigenvalue weighted by molar-refractivity contribution is 5.50. The zero-order chi connectivity index (χ0) is 15.5. The van der Waals surface area contributed by atoms with E-state index in [2.05, 4.69) is 55.2 Å². The van der Waals surface area contributed by atoms with Gasteiger partial charge in [-0.15, -0.1) is 0 Å². The Morgan fingerprint density at radius 1 is 0.783 bits per heavy atom. The maximum absolute atomic E-state index is 4.43. The molecule has 6 nitrogen and oxygen atoms in total. The minimum atomic E-state index is 0.797. The lowest BCUT2D eigenvalue weighted by molar-refractivity contribution is 0.646. The molecule has 1 saturated heterocycles. The summed E-state index contributed by atoms with van der Waals surface area (Å²) in [5.74, 6) is 1.75. The van der Waals surface area contributed by atoms with Gasteiger partial charge in [-0.25, -0.2) is 14.6 Å². The van der Waals surface area contributed by atoms with E-state index in [1.54, 1.807) is 17.2 Å². The Balaban J connectivity index is 1.47. The van der Waals surface area contributed by atoms with Gasteiger partial charge >= 0.3 is 0 Å². The summed E-state index contributed by atoms with van der Waals surface area (Å²) >= 11 is 0. The molecule has 1 aromatic carbocycles. The van der Waals surface area contributed by atoms with Crippen LogP contribution in [0.15, 0.2) is 61.2 Å². The molecule has 0 bridgehead atoms. The van der Waals surface area contributed by atoms with Gasteiger partial charge in [0.05, 0.1) is 0 Å². The Bertz CT molecular complexity index is 748. The fourth-order valence-electron chi connectivity index (χ4n) is 2.87. The first-order valence-electron chi connectivity index (χ1n) is 7.77. The van der Waals surface area contributed by atoms with Crippen molar-refractivity contribution < 1.29 is 0 Å². The first-order chi connectivity index (χ1) is 11.4. The van der Waals surface area contributed by atoms with E-state index >= 15 is 0 Å². The van der Waals surface area contributed by atoms with Crippen LogP contribution in [0.4, 0.5) is 11.5 Å². The third kappa shape index (κ3) is 2.88. The number of benzene rings is 1. The number of piperazine rings is 1. The lowest BCUT2D eigenvalue weighted by Crippen LogP contribution is -2.46. The summed E-state index contributed by atoms with van der Waals surface area (Å²) < 4.78 is 1.76. The SMILES string of the molecule is c1ccc(N2CCN(c3cc(-n4cccn4)ncn3)CC2)cc1. The van der Waals surface area contributed by atoms with Gasteiger partial charge in [0.1, 0.15) is 12.1 Å². The maximum Gasteiger partial charge on any atom is 0.158 e. The molecule has 4 rings (SSSR count). The monoisotopic (exact) mass is 306 g/mol. The van der Waals surface area contributed by atoms with E-state index in [0.29, 0.717) is 0 Å². The average molecular weight is 306 g/mol. The molecule has 6 heteroatoms. The van der Waals surface area contributed by atoms with Crippen molar-refractivity contribution in [1.29, 1.82) is 0 Å². The van der Waals surface area contributed by atoms with Gasteiger partial charge in [-0.1, -0.05) is 18.2 Å². The van der Waals surface area contributed by atoms with Gasteiger partial charge in [0.15, 0.2) is 5.82 Å². The average Bonchev–Trinajstić information content (AvgIpc) is 3.18. The van der Waals surface area contributed by atoms with Gasteiger partial charge in [0.25, 0.3) is 0 Å². The topological polar surface area (TPSA) is 50.1 Å². The Morgan fingerprint density at radius 3 is 2.26 bits per heavy atom. The molecule has 116 valence electrons. The Labute approximate surface area is 135 Å². The van der Waals surface area contributed by atoms with Gasteiger partial charge in [0.2, 0.25) is 0 Å². The third-order valence-corrected chi connectivity index (χ3v) is 4.10. The number of hydrogen-bond donors (Lipinski definition) is 0. The van der Waals surface area contributed by atoms with Crippen LogP contribution in [0.5, 0.6) is 0 Å². The Kier molecular flexibility index (Phi) is 3.63. The zero-order valence-corrected chi connectivity index (χ0v) is 12.8. The van der Waals surface area contributed by atoms with Crippen molar-refractivity contribution in [3.63, 3.8) is 0 Å². The summed E-state index contributed by atoms with van der Waals surface area (Å²) in [5, 5.41) is 4.22. The van der Waals surface area contributed by atoms with E-state index in [0.717, 1.165) is 37.8 Å². The van der Waals surface area contributed by atoms with E-state index in [-0.39, 0.29) is 0 Å². The largest absolute Gasteiger partial charge is 0.368 e. The lowest BCUT2D eigenvalue weighted by Gasteiger charge is -2.36.